The number of hydrogen-bond acceptors (Lipinski definition) is 5. The molecule has 0 bridgehead atoms. The Morgan fingerprint density at radius 1 is 1.45 bits per heavy atom. The smallest absolute Gasteiger partial charge is 0.390 e. The number of hydrogen-bond donors (Lipinski definition) is 0. The molecule has 0 saturated heterocycles. The van der Waals surface area contributed by atoms with Crippen molar-refractivity contribution in [2.24, 2.45) is 0 Å². The van der Waals surface area contributed by atoms with Gasteiger partial charge < -0.3 is 10.1 Å². The maximum absolute atomic E-state index is 13.4. The van der Waals surface area contributed by atoms with Crippen molar-refractivity contribution in [1.82, 2.24) is 14.8 Å². The summed E-state index contributed by atoms with van der Waals surface area (Å²) < 4.78 is 27.0. The van der Waals surface area contributed by atoms with E-state index in [4.69, 9.17) is 0 Å². The fraction of sp³-hybridized carbons (Fsp3) is 0.100. The van der Waals surface area contributed by atoms with E-state index < -0.39 is 34.8 Å². The Kier molecular flexibility index (Phi) is 3.84. The molecule has 2 rings (SSSR count). The molecule has 0 saturated carbocycles. The van der Waals surface area contributed by atoms with Crippen molar-refractivity contribution in [3.8, 4) is 0 Å². The van der Waals surface area contributed by atoms with Gasteiger partial charge in [-0.2, -0.15) is 4.68 Å². The molecular formula is C10H5BrF2N4O3. The third-order valence-electron chi connectivity index (χ3n) is 2.30. The summed E-state index contributed by atoms with van der Waals surface area (Å²) in [7, 11) is 0. The molecular weight excluding hydrogens is 342 g/mol. The summed E-state index contributed by atoms with van der Waals surface area (Å²) >= 11 is 2.90. The predicted molar refractivity (Wildman–Crippen MR) is 65.1 cm³/mol. The molecule has 1 aromatic carbocycles. The second kappa shape index (κ2) is 5.41. The van der Waals surface area contributed by atoms with Crippen molar-refractivity contribution in [1.29, 1.82) is 0 Å². The molecule has 1 heterocycles. The average Bonchev–Trinajstić information content (AvgIpc) is 2.71. The minimum atomic E-state index is -1.01. The molecule has 7 nitrogen and oxygen atoms in total. The number of rotatable bonds is 4. The van der Waals surface area contributed by atoms with E-state index >= 15 is 0 Å². The molecule has 0 amide bonds. The van der Waals surface area contributed by atoms with Crippen molar-refractivity contribution >= 4 is 27.7 Å². The minimum Gasteiger partial charge on any atom is -0.390 e. The second-order valence-electron chi connectivity index (χ2n) is 3.64. The molecule has 1 aromatic heterocycles. The highest BCUT2D eigenvalue weighted by atomic mass is 79.9. The van der Waals surface area contributed by atoms with Crippen LogP contribution in [0, 0.1) is 21.7 Å². The van der Waals surface area contributed by atoms with Crippen LogP contribution < -0.4 is 0 Å². The molecule has 20 heavy (non-hydrogen) atoms. The number of halogens is 3. The number of carbonyl (C=O) groups is 1. The summed E-state index contributed by atoms with van der Waals surface area (Å²) in [6.45, 7) is -0.468. The summed E-state index contributed by atoms with van der Waals surface area (Å²) in [6.07, 6.45) is 0. The number of benzene rings is 1. The lowest BCUT2D eigenvalue weighted by Crippen LogP contribution is -2.13. The highest BCUT2D eigenvalue weighted by molar-refractivity contribution is 9.10. The Morgan fingerprint density at radius 2 is 2.15 bits per heavy atom. The largest absolute Gasteiger partial charge is 0.492 e. The fourth-order valence-corrected chi connectivity index (χ4v) is 1.79. The van der Waals surface area contributed by atoms with Crippen molar-refractivity contribution in [2.75, 3.05) is 0 Å². The van der Waals surface area contributed by atoms with Crippen LogP contribution in [-0.2, 0) is 6.54 Å². The van der Waals surface area contributed by atoms with Crippen LogP contribution in [0.2, 0.25) is 0 Å². The molecule has 0 atom stereocenters. The predicted octanol–water partition coefficient (Wildman–Crippen LogP) is 2.11. The van der Waals surface area contributed by atoms with Gasteiger partial charge in [-0.25, -0.2) is 8.78 Å². The number of nitro groups is 1. The van der Waals surface area contributed by atoms with Gasteiger partial charge in [0, 0.05) is 27.1 Å². The van der Waals surface area contributed by atoms with E-state index in [2.05, 4.69) is 26.0 Å². The lowest BCUT2D eigenvalue weighted by molar-refractivity contribution is -0.394. The maximum atomic E-state index is 13.4. The second-order valence-corrected chi connectivity index (χ2v) is 4.35. The molecule has 0 aliphatic carbocycles. The SMILES string of the molecule is O=C(Cn1nc([N+](=O)[O-])nc1Br)c1ccc(F)cc1F. The van der Waals surface area contributed by atoms with Gasteiger partial charge in [0.05, 0.1) is 5.56 Å². The van der Waals surface area contributed by atoms with Crippen LogP contribution in [0.5, 0.6) is 0 Å². The summed E-state index contributed by atoms with van der Waals surface area (Å²) in [5.41, 5.74) is -0.337. The van der Waals surface area contributed by atoms with Gasteiger partial charge >= 0.3 is 5.95 Å². The van der Waals surface area contributed by atoms with Gasteiger partial charge in [-0.15, -0.1) is 0 Å². The van der Waals surface area contributed by atoms with E-state index in [1.165, 1.54) is 0 Å². The molecule has 104 valence electrons. The topological polar surface area (TPSA) is 90.9 Å². The molecule has 0 aliphatic heterocycles. The molecule has 0 radical (unpaired) electrons. The average molecular weight is 347 g/mol. The van der Waals surface area contributed by atoms with Crippen LogP contribution >= 0.6 is 15.9 Å². The molecule has 0 spiro atoms. The molecule has 0 aliphatic rings. The lowest BCUT2D eigenvalue weighted by atomic mass is 10.1. The zero-order chi connectivity index (χ0) is 14.9. The van der Waals surface area contributed by atoms with Gasteiger partial charge in [-0.05, 0) is 22.0 Å². The van der Waals surface area contributed by atoms with Crippen LogP contribution in [0.3, 0.4) is 0 Å². The summed E-state index contributed by atoms with van der Waals surface area (Å²) in [4.78, 5) is 24.9. The first-order valence-electron chi connectivity index (χ1n) is 5.11. The number of carbonyl (C=O) groups excluding carboxylic acids is 1. The zero-order valence-electron chi connectivity index (χ0n) is 9.59. The molecule has 0 unspecified atom stereocenters. The lowest BCUT2D eigenvalue weighted by Gasteiger charge is -2.01. The van der Waals surface area contributed by atoms with Crippen molar-refractivity contribution in [2.45, 2.75) is 6.54 Å². The Balaban J connectivity index is 2.25. The maximum Gasteiger partial charge on any atom is 0.492 e. The van der Waals surface area contributed by atoms with Crippen LogP contribution in [0.25, 0.3) is 0 Å². The van der Waals surface area contributed by atoms with Gasteiger partial charge in [-0.3, -0.25) is 4.79 Å². The highest BCUT2D eigenvalue weighted by Gasteiger charge is 2.22. The standard InChI is InChI=1S/C10H5BrF2N4O3/c11-9-14-10(17(19)20)15-16(9)4-8(18)6-2-1-5(12)3-7(6)13/h1-3H,4H2. The quantitative estimate of drug-likeness (QED) is 0.480. The first-order valence-corrected chi connectivity index (χ1v) is 5.91. The van der Waals surface area contributed by atoms with Crippen LogP contribution in [0.15, 0.2) is 22.9 Å². The summed E-state index contributed by atoms with van der Waals surface area (Å²) in [6, 6.07) is 2.51. The van der Waals surface area contributed by atoms with E-state index in [1.807, 2.05) is 0 Å². The zero-order valence-corrected chi connectivity index (χ0v) is 11.2. The van der Waals surface area contributed by atoms with E-state index in [0.717, 1.165) is 16.8 Å². The Morgan fingerprint density at radius 3 is 2.70 bits per heavy atom. The Labute approximate surface area is 118 Å². The monoisotopic (exact) mass is 346 g/mol. The van der Waals surface area contributed by atoms with Crippen molar-refractivity contribution in [3.63, 3.8) is 0 Å². The Bertz CT molecular complexity index is 704. The molecule has 0 fully saturated rings. The van der Waals surface area contributed by atoms with E-state index in [-0.39, 0.29) is 10.3 Å². The Hall–Kier alpha value is -2.23. The van der Waals surface area contributed by atoms with E-state index in [0.29, 0.717) is 6.07 Å². The molecule has 10 heteroatoms. The van der Waals surface area contributed by atoms with Gasteiger partial charge in [0.2, 0.25) is 0 Å². The van der Waals surface area contributed by atoms with Crippen molar-refractivity contribution < 1.29 is 18.5 Å². The number of nitrogens with zero attached hydrogens (tertiary/aromatic N) is 4. The molecule has 2 aromatic rings. The number of Topliss-reactive ketones (excluding diaryl/α,β-unsaturated/α-hetero) is 1. The van der Waals surface area contributed by atoms with Gasteiger partial charge in [0.25, 0.3) is 4.73 Å². The van der Waals surface area contributed by atoms with Crippen LogP contribution in [0.1, 0.15) is 10.4 Å². The third kappa shape index (κ3) is 2.85. The normalized spacial score (nSPS) is 10.6. The van der Waals surface area contributed by atoms with E-state index in [1.54, 1.807) is 0 Å². The van der Waals surface area contributed by atoms with Gasteiger partial charge in [0.1, 0.15) is 18.2 Å². The van der Waals surface area contributed by atoms with Crippen molar-refractivity contribution in [3.05, 3.63) is 50.2 Å². The third-order valence-corrected chi connectivity index (χ3v) is 2.89. The van der Waals surface area contributed by atoms with Crippen LogP contribution in [0.4, 0.5) is 14.7 Å². The summed E-state index contributed by atoms with van der Waals surface area (Å²) in [5, 5.41) is 13.9. The minimum absolute atomic E-state index is 0.0416. The first-order chi connectivity index (χ1) is 9.38. The first kappa shape index (κ1) is 14.2. The van der Waals surface area contributed by atoms with E-state index in [9.17, 15) is 23.7 Å². The fourth-order valence-electron chi connectivity index (χ4n) is 1.43. The highest BCUT2D eigenvalue weighted by Crippen LogP contribution is 2.15. The number of aromatic nitrogens is 3. The number of ketones is 1. The summed E-state index contributed by atoms with van der Waals surface area (Å²) in [5.74, 6) is -3.23. The van der Waals surface area contributed by atoms with Crippen LogP contribution in [-0.4, -0.2) is 25.5 Å². The molecule has 0 N–H and O–H groups in total. The van der Waals surface area contributed by atoms with Gasteiger partial charge in [0.15, 0.2) is 5.78 Å². The van der Waals surface area contributed by atoms with Gasteiger partial charge in [-0.1, -0.05) is 0 Å².